The second-order valence-electron chi connectivity index (χ2n) is 18.0. The second kappa shape index (κ2) is 13.3. The molecule has 1 aliphatic heterocycles. The molecule has 0 bridgehead atoms. The van der Waals surface area contributed by atoms with Gasteiger partial charge in [0.05, 0.1) is 17.1 Å². The SMILES string of the molecule is Cc1cc2c(c3c1C1C=Cc4ccccc4C1N3c1ccccc1)-c1ccc(N(c3ccccc3)c3ccc4ccccc4c3)cc1C21c2ccccc2-c2c1ccc1ccccc21. The molecule has 0 amide bonds. The van der Waals surface area contributed by atoms with Gasteiger partial charge in [-0.2, -0.15) is 0 Å². The molecule has 2 nitrogen and oxygen atoms in total. The van der Waals surface area contributed by atoms with Crippen molar-refractivity contribution in [2.45, 2.75) is 24.3 Å². The molecule has 3 unspecified atom stereocenters. The highest BCUT2D eigenvalue weighted by Crippen LogP contribution is 2.69. The first kappa shape index (κ1) is 35.6. The number of rotatable bonds is 4. The topological polar surface area (TPSA) is 6.48 Å². The number of fused-ring (bicyclic) bond motifs is 19. The van der Waals surface area contributed by atoms with Gasteiger partial charge in [0.1, 0.15) is 0 Å². The molecule has 0 N–H and O–H groups in total. The lowest BCUT2D eigenvalue weighted by atomic mass is 9.69. The lowest BCUT2D eigenvalue weighted by Crippen LogP contribution is -2.26. The van der Waals surface area contributed by atoms with Crippen LogP contribution in [-0.2, 0) is 5.41 Å². The first-order valence-corrected chi connectivity index (χ1v) is 22.6. The predicted octanol–water partition coefficient (Wildman–Crippen LogP) is 16.1. The van der Waals surface area contributed by atoms with Gasteiger partial charge in [0.15, 0.2) is 0 Å². The zero-order valence-electron chi connectivity index (χ0n) is 35.4. The maximum atomic E-state index is 2.71. The highest BCUT2D eigenvalue weighted by Gasteiger charge is 2.55. The fourth-order valence-electron chi connectivity index (χ4n) is 12.4. The van der Waals surface area contributed by atoms with Crippen molar-refractivity contribution in [3.05, 3.63) is 263 Å². The molecule has 3 atom stereocenters. The highest BCUT2D eigenvalue weighted by molar-refractivity contribution is 6.09. The maximum absolute atomic E-state index is 2.71. The Morgan fingerprint density at radius 2 is 1.14 bits per heavy atom. The molecule has 1 heterocycles. The first-order chi connectivity index (χ1) is 31.7. The summed E-state index contributed by atoms with van der Waals surface area (Å²) in [5, 5.41) is 5.02. The minimum atomic E-state index is -0.577. The van der Waals surface area contributed by atoms with Crippen LogP contribution in [0, 0.1) is 6.92 Å². The quantitative estimate of drug-likeness (QED) is 0.175. The van der Waals surface area contributed by atoms with Gasteiger partial charge < -0.3 is 9.80 Å². The summed E-state index contributed by atoms with van der Waals surface area (Å²) in [6, 6.07) is 79.8. The number of nitrogens with zero attached hydrogens (tertiary/aromatic N) is 2. The third-order valence-electron chi connectivity index (χ3n) is 14.8. The van der Waals surface area contributed by atoms with Crippen molar-refractivity contribution in [1.29, 1.82) is 0 Å². The summed E-state index contributed by atoms with van der Waals surface area (Å²) in [5.74, 6) is 0.197. The third kappa shape index (κ3) is 4.69. The molecule has 2 heteroatoms. The molecule has 0 aromatic heterocycles. The first-order valence-electron chi connectivity index (χ1n) is 22.6. The maximum Gasteiger partial charge on any atom is 0.0727 e. The fourth-order valence-corrected chi connectivity index (χ4v) is 12.4. The van der Waals surface area contributed by atoms with E-state index in [1.54, 1.807) is 0 Å². The summed E-state index contributed by atoms with van der Waals surface area (Å²) in [4.78, 5) is 5.16. The van der Waals surface area contributed by atoms with Gasteiger partial charge in [0.2, 0.25) is 0 Å². The molecule has 0 radical (unpaired) electrons. The van der Waals surface area contributed by atoms with Gasteiger partial charge in [0.25, 0.3) is 0 Å². The summed E-state index contributed by atoms with van der Waals surface area (Å²) >= 11 is 0. The van der Waals surface area contributed by atoms with Crippen molar-refractivity contribution in [2.24, 2.45) is 0 Å². The molecule has 10 aromatic rings. The van der Waals surface area contributed by atoms with Crippen LogP contribution in [-0.4, -0.2) is 0 Å². The number of anilines is 5. The Kier molecular flexibility index (Phi) is 7.40. The molecule has 4 aliphatic rings. The lowest BCUT2D eigenvalue weighted by Gasteiger charge is -2.34. The molecule has 1 spiro atoms. The van der Waals surface area contributed by atoms with Crippen molar-refractivity contribution in [1.82, 2.24) is 0 Å². The van der Waals surface area contributed by atoms with E-state index in [0.29, 0.717) is 0 Å². The summed E-state index contributed by atoms with van der Waals surface area (Å²) in [6.45, 7) is 2.38. The molecule has 0 saturated heterocycles. The molecular weight excluding hydrogens is 773 g/mol. The van der Waals surface area contributed by atoms with E-state index >= 15 is 0 Å². The minimum absolute atomic E-state index is 0.122. The molecule has 300 valence electrons. The number of benzene rings is 10. The zero-order chi connectivity index (χ0) is 42.1. The van der Waals surface area contributed by atoms with Crippen LogP contribution in [0.25, 0.3) is 49.9 Å². The standard InChI is InChI=1S/C62H42N2/c1-39-36-56-59(61-57(39)52-33-29-42-18-11-13-25-49(42)60(52)64(61)45-22-6-3-7-23-45)51-34-32-47(63(44-20-4-2-5-21-44)46-31-28-40-16-8-9-19-43(40)37-46)38-55(51)62(56)53-27-15-14-26-50(53)58-48-24-12-10-17-41(48)30-35-54(58)62/h2-38,52,60H,1H3. The Morgan fingerprint density at radius 3 is 2.02 bits per heavy atom. The van der Waals surface area contributed by atoms with Gasteiger partial charge in [-0.15, -0.1) is 0 Å². The van der Waals surface area contributed by atoms with Crippen LogP contribution in [0.1, 0.15) is 56.5 Å². The molecule has 0 fully saturated rings. The van der Waals surface area contributed by atoms with Crippen LogP contribution >= 0.6 is 0 Å². The van der Waals surface area contributed by atoms with Crippen LogP contribution in [0.5, 0.6) is 0 Å². The van der Waals surface area contributed by atoms with Gasteiger partial charge in [-0.3, -0.25) is 0 Å². The highest BCUT2D eigenvalue weighted by atomic mass is 15.2. The van der Waals surface area contributed by atoms with Crippen LogP contribution in [0.4, 0.5) is 28.4 Å². The zero-order valence-corrected chi connectivity index (χ0v) is 35.4. The Labute approximate surface area is 373 Å². The van der Waals surface area contributed by atoms with E-state index in [0.717, 1.165) is 17.1 Å². The summed E-state index contributed by atoms with van der Waals surface area (Å²) in [5.41, 5.74) is 21.5. The summed E-state index contributed by atoms with van der Waals surface area (Å²) in [6.07, 6.45) is 4.85. The number of aryl methyl sites for hydroxylation is 1. The van der Waals surface area contributed by atoms with Crippen molar-refractivity contribution >= 4 is 56.1 Å². The van der Waals surface area contributed by atoms with Crippen molar-refractivity contribution in [3.8, 4) is 22.3 Å². The summed E-state index contributed by atoms with van der Waals surface area (Å²) < 4.78 is 0. The molecule has 14 rings (SSSR count). The molecule has 10 aromatic carbocycles. The van der Waals surface area contributed by atoms with Crippen LogP contribution < -0.4 is 9.80 Å². The van der Waals surface area contributed by atoms with Crippen LogP contribution in [0.15, 0.2) is 218 Å². The van der Waals surface area contributed by atoms with Crippen molar-refractivity contribution in [3.63, 3.8) is 0 Å². The predicted molar refractivity (Wildman–Crippen MR) is 267 cm³/mol. The largest absolute Gasteiger partial charge is 0.332 e. The Morgan fingerprint density at radius 1 is 0.469 bits per heavy atom. The monoisotopic (exact) mass is 814 g/mol. The molecular formula is C62H42N2. The summed E-state index contributed by atoms with van der Waals surface area (Å²) in [7, 11) is 0. The fraction of sp³-hybridized carbons (Fsp3) is 0.0645. The van der Waals surface area contributed by atoms with E-state index in [-0.39, 0.29) is 12.0 Å². The van der Waals surface area contributed by atoms with Gasteiger partial charge in [0, 0.05) is 34.2 Å². The number of hydrogen-bond donors (Lipinski definition) is 0. The van der Waals surface area contributed by atoms with Crippen LogP contribution in [0.3, 0.4) is 0 Å². The van der Waals surface area contributed by atoms with Gasteiger partial charge in [-0.05, 0) is 138 Å². The third-order valence-corrected chi connectivity index (χ3v) is 14.8. The van der Waals surface area contributed by atoms with Gasteiger partial charge in [-0.25, -0.2) is 0 Å². The van der Waals surface area contributed by atoms with Gasteiger partial charge in [-0.1, -0.05) is 176 Å². The van der Waals surface area contributed by atoms with E-state index < -0.39 is 5.41 Å². The van der Waals surface area contributed by atoms with E-state index in [1.807, 2.05) is 0 Å². The van der Waals surface area contributed by atoms with Crippen LogP contribution in [0.2, 0.25) is 0 Å². The average Bonchev–Trinajstić information content (AvgIpc) is 3.97. The Balaban J connectivity index is 1.12. The lowest BCUT2D eigenvalue weighted by molar-refractivity contribution is 0.665. The van der Waals surface area contributed by atoms with Crippen molar-refractivity contribution in [2.75, 3.05) is 9.80 Å². The molecule has 64 heavy (non-hydrogen) atoms. The van der Waals surface area contributed by atoms with E-state index in [2.05, 4.69) is 241 Å². The number of para-hydroxylation sites is 2. The van der Waals surface area contributed by atoms with Gasteiger partial charge >= 0.3 is 0 Å². The van der Waals surface area contributed by atoms with E-state index in [1.165, 1.54) is 99.7 Å². The second-order valence-corrected chi connectivity index (χ2v) is 18.0. The Bertz CT molecular complexity index is 3600. The normalized spacial score (nSPS) is 18.0. The Hall–Kier alpha value is -7.94. The molecule has 0 saturated carbocycles. The van der Waals surface area contributed by atoms with Crippen molar-refractivity contribution < 1.29 is 0 Å². The number of hydrogen-bond acceptors (Lipinski definition) is 2. The molecule has 3 aliphatic carbocycles. The smallest absolute Gasteiger partial charge is 0.0727 e. The van der Waals surface area contributed by atoms with E-state index in [4.69, 9.17) is 0 Å². The van der Waals surface area contributed by atoms with E-state index in [9.17, 15) is 0 Å². The average molecular weight is 815 g/mol. The minimum Gasteiger partial charge on any atom is -0.332 e.